The second kappa shape index (κ2) is 4.50. The van der Waals surface area contributed by atoms with Gasteiger partial charge in [0.25, 0.3) is 0 Å². The lowest BCUT2D eigenvalue weighted by atomic mass is 10.1. The maximum absolute atomic E-state index is 10.9. The second-order valence-electron chi connectivity index (χ2n) is 3.22. The molecule has 1 aliphatic rings. The third-order valence-corrected chi connectivity index (χ3v) is 2.33. The molecule has 1 fully saturated rings. The first-order valence-corrected chi connectivity index (χ1v) is 4.58. The molecule has 0 spiro atoms. The van der Waals surface area contributed by atoms with Gasteiger partial charge in [-0.2, -0.15) is 0 Å². The van der Waals surface area contributed by atoms with E-state index < -0.39 is 0 Å². The Bertz CT molecular complexity index is 128. The molecule has 0 aromatic rings. The molecular weight excluding hydrogens is 138 g/mol. The highest BCUT2D eigenvalue weighted by atomic mass is 16.1. The van der Waals surface area contributed by atoms with Crippen molar-refractivity contribution in [2.45, 2.75) is 45.1 Å². The van der Waals surface area contributed by atoms with Crippen LogP contribution in [0.1, 0.15) is 39.0 Å². The molecule has 64 valence electrons. The third kappa shape index (κ3) is 3.02. The Morgan fingerprint density at radius 3 is 3.00 bits per heavy atom. The van der Waals surface area contributed by atoms with Crippen molar-refractivity contribution in [2.24, 2.45) is 0 Å². The molecule has 0 amide bonds. The van der Waals surface area contributed by atoms with Crippen molar-refractivity contribution in [1.29, 1.82) is 0 Å². The zero-order chi connectivity index (χ0) is 8.10. The van der Waals surface area contributed by atoms with E-state index in [0.717, 1.165) is 19.4 Å². The summed E-state index contributed by atoms with van der Waals surface area (Å²) in [5.41, 5.74) is 0. The highest BCUT2D eigenvalue weighted by Gasteiger charge is 2.14. The largest absolute Gasteiger partial charge is 0.314 e. The lowest BCUT2D eigenvalue weighted by molar-refractivity contribution is -0.118. The van der Waals surface area contributed by atoms with Crippen LogP contribution >= 0.6 is 0 Å². The average Bonchev–Trinajstić information content (AvgIpc) is 2.52. The zero-order valence-corrected chi connectivity index (χ0v) is 7.23. The molecule has 1 saturated heterocycles. The topological polar surface area (TPSA) is 29.1 Å². The Hall–Kier alpha value is -0.370. The fourth-order valence-corrected chi connectivity index (χ4v) is 1.52. The van der Waals surface area contributed by atoms with Gasteiger partial charge in [0.15, 0.2) is 0 Å². The molecule has 1 heterocycles. The van der Waals surface area contributed by atoms with Gasteiger partial charge < -0.3 is 5.32 Å². The van der Waals surface area contributed by atoms with E-state index in [2.05, 4.69) is 5.32 Å². The summed E-state index contributed by atoms with van der Waals surface area (Å²) in [5, 5.41) is 3.38. The van der Waals surface area contributed by atoms with Crippen molar-refractivity contribution in [3.8, 4) is 0 Å². The lowest BCUT2D eigenvalue weighted by Gasteiger charge is -2.07. The van der Waals surface area contributed by atoms with Crippen LogP contribution in [-0.2, 0) is 4.79 Å². The fourth-order valence-electron chi connectivity index (χ4n) is 1.52. The Morgan fingerprint density at radius 2 is 2.45 bits per heavy atom. The molecular formula is C9H17NO. The van der Waals surface area contributed by atoms with Crippen LogP contribution in [0.25, 0.3) is 0 Å². The molecule has 0 aromatic carbocycles. The summed E-state index contributed by atoms with van der Waals surface area (Å²) in [6.45, 7) is 3.08. The minimum Gasteiger partial charge on any atom is -0.314 e. The summed E-state index contributed by atoms with van der Waals surface area (Å²) >= 11 is 0. The first kappa shape index (κ1) is 8.72. The summed E-state index contributed by atoms with van der Waals surface area (Å²) in [6, 6.07) is 0.630. The molecule has 0 radical (unpaired) electrons. The molecule has 1 rings (SSSR count). The SMILES string of the molecule is CCC(=O)CC[C@@H]1CCCN1. The molecule has 1 atom stereocenters. The number of nitrogens with one attached hydrogen (secondary N) is 1. The first-order chi connectivity index (χ1) is 5.33. The standard InChI is InChI=1S/C9H17NO/c1-2-9(11)6-5-8-4-3-7-10-8/h8,10H,2-7H2,1H3/t8-/m0/s1. The van der Waals surface area contributed by atoms with Gasteiger partial charge in [-0.05, 0) is 25.8 Å². The normalized spacial score (nSPS) is 23.9. The Labute approximate surface area is 68.4 Å². The Kier molecular flexibility index (Phi) is 3.57. The number of ketones is 1. The molecule has 0 unspecified atom stereocenters. The number of hydrogen-bond acceptors (Lipinski definition) is 2. The summed E-state index contributed by atoms with van der Waals surface area (Å²) in [5.74, 6) is 0.402. The molecule has 11 heavy (non-hydrogen) atoms. The van der Waals surface area contributed by atoms with Crippen molar-refractivity contribution in [3.05, 3.63) is 0 Å². The number of rotatable bonds is 4. The fraction of sp³-hybridized carbons (Fsp3) is 0.889. The summed E-state index contributed by atoms with van der Waals surface area (Å²) < 4.78 is 0. The van der Waals surface area contributed by atoms with Crippen LogP contribution in [0.5, 0.6) is 0 Å². The minimum atomic E-state index is 0.402. The highest BCUT2D eigenvalue weighted by molar-refractivity contribution is 5.77. The Balaban J connectivity index is 2.06. The predicted octanol–water partition coefficient (Wildman–Crippen LogP) is 1.50. The van der Waals surface area contributed by atoms with Gasteiger partial charge in [0, 0.05) is 18.9 Å². The first-order valence-electron chi connectivity index (χ1n) is 4.58. The van der Waals surface area contributed by atoms with E-state index >= 15 is 0 Å². The van der Waals surface area contributed by atoms with E-state index in [1.807, 2.05) is 6.92 Å². The van der Waals surface area contributed by atoms with Crippen LogP contribution in [0.2, 0.25) is 0 Å². The van der Waals surface area contributed by atoms with E-state index in [1.165, 1.54) is 12.8 Å². The predicted molar refractivity (Wildman–Crippen MR) is 45.6 cm³/mol. The van der Waals surface area contributed by atoms with E-state index in [4.69, 9.17) is 0 Å². The monoisotopic (exact) mass is 155 g/mol. The van der Waals surface area contributed by atoms with Crippen LogP contribution < -0.4 is 5.32 Å². The number of carbonyl (C=O) groups is 1. The van der Waals surface area contributed by atoms with Crippen LogP contribution in [0.15, 0.2) is 0 Å². The zero-order valence-electron chi connectivity index (χ0n) is 7.23. The van der Waals surface area contributed by atoms with Crippen molar-refractivity contribution in [1.82, 2.24) is 5.32 Å². The van der Waals surface area contributed by atoms with Crippen LogP contribution in [0, 0.1) is 0 Å². The molecule has 0 aromatic heterocycles. The highest BCUT2D eigenvalue weighted by Crippen LogP contribution is 2.11. The van der Waals surface area contributed by atoms with Gasteiger partial charge in [-0.25, -0.2) is 0 Å². The van der Waals surface area contributed by atoms with Crippen LogP contribution in [0.3, 0.4) is 0 Å². The van der Waals surface area contributed by atoms with Crippen LogP contribution in [-0.4, -0.2) is 18.4 Å². The smallest absolute Gasteiger partial charge is 0.132 e. The maximum atomic E-state index is 10.9. The molecule has 2 heteroatoms. The molecule has 1 N–H and O–H groups in total. The lowest BCUT2D eigenvalue weighted by Crippen LogP contribution is -2.21. The third-order valence-electron chi connectivity index (χ3n) is 2.33. The van der Waals surface area contributed by atoms with Crippen molar-refractivity contribution < 1.29 is 4.79 Å². The number of carbonyl (C=O) groups excluding carboxylic acids is 1. The van der Waals surface area contributed by atoms with Crippen molar-refractivity contribution in [3.63, 3.8) is 0 Å². The summed E-state index contributed by atoms with van der Waals surface area (Å²) in [4.78, 5) is 10.9. The average molecular weight is 155 g/mol. The quantitative estimate of drug-likeness (QED) is 0.666. The van der Waals surface area contributed by atoms with Gasteiger partial charge >= 0.3 is 0 Å². The van der Waals surface area contributed by atoms with Crippen molar-refractivity contribution in [2.75, 3.05) is 6.54 Å². The Morgan fingerprint density at radius 1 is 1.64 bits per heavy atom. The minimum absolute atomic E-state index is 0.402. The van der Waals surface area contributed by atoms with Gasteiger partial charge in [-0.1, -0.05) is 6.92 Å². The van der Waals surface area contributed by atoms with Gasteiger partial charge in [0.05, 0.1) is 0 Å². The van der Waals surface area contributed by atoms with E-state index in [1.54, 1.807) is 0 Å². The van der Waals surface area contributed by atoms with Gasteiger partial charge in [0.1, 0.15) is 5.78 Å². The van der Waals surface area contributed by atoms with Gasteiger partial charge in [-0.3, -0.25) is 4.79 Å². The van der Waals surface area contributed by atoms with Crippen LogP contribution in [0.4, 0.5) is 0 Å². The molecule has 0 bridgehead atoms. The maximum Gasteiger partial charge on any atom is 0.132 e. The van der Waals surface area contributed by atoms with Gasteiger partial charge in [-0.15, -0.1) is 0 Å². The summed E-state index contributed by atoms with van der Waals surface area (Å²) in [6.07, 6.45) is 5.07. The summed E-state index contributed by atoms with van der Waals surface area (Å²) in [7, 11) is 0. The molecule has 2 nitrogen and oxygen atoms in total. The molecule has 1 aliphatic heterocycles. The van der Waals surface area contributed by atoms with Gasteiger partial charge in [0.2, 0.25) is 0 Å². The van der Waals surface area contributed by atoms with E-state index in [0.29, 0.717) is 18.2 Å². The van der Waals surface area contributed by atoms with Crippen molar-refractivity contribution >= 4 is 5.78 Å². The molecule has 0 aliphatic carbocycles. The molecule has 0 saturated carbocycles. The van der Waals surface area contributed by atoms with E-state index in [9.17, 15) is 4.79 Å². The number of hydrogen-bond donors (Lipinski definition) is 1. The number of Topliss-reactive ketones (excluding diaryl/α,β-unsaturated/α-hetero) is 1. The van der Waals surface area contributed by atoms with E-state index in [-0.39, 0.29) is 0 Å². The second-order valence-corrected chi connectivity index (χ2v) is 3.22.